The molecule has 0 saturated carbocycles. The van der Waals surface area contributed by atoms with Gasteiger partial charge in [0.15, 0.2) is 0 Å². The van der Waals surface area contributed by atoms with Gasteiger partial charge >= 0.3 is 87.8 Å². The van der Waals surface area contributed by atoms with Crippen molar-refractivity contribution in [1.29, 1.82) is 0 Å². The van der Waals surface area contributed by atoms with Crippen LogP contribution in [0.4, 0.5) is 0 Å². The van der Waals surface area contributed by atoms with E-state index in [4.69, 9.17) is 3.07 Å². The zero-order chi connectivity index (χ0) is 9.14. The van der Waals surface area contributed by atoms with Crippen molar-refractivity contribution in [2.45, 2.75) is 27.2 Å². The minimum atomic E-state index is 1.03. The fraction of sp³-hybridized carbons (Fsp3) is 0.400. The van der Waals surface area contributed by atoms with Crippen LogP contribution in [0.25, 0.3) is 0 Å². The van der Waals surface area contributed by atoms with Gasteiger partial charge in [0.1, 0.15) is 0 Å². The normalized spacial score (nSPS) is 10.0. The van der Waals surface area contributed by atoms with Crippen LogP contribution in [-0.2, 0) is 6.42 Å². The van der Waals surface area contributed by atoms with Crippen LogP contribution in [-0.4, -0.2) is 22.9 Å². The molecular formula is C10H13OSn. The average molecular weight is 268 g/mol. The molecule has 1 rings (SSSR count). The number of hydrogen-bond acceptors (Lipinski definition) is 1. The standard InChI is InChI=1S/C10H14O.Sn/c1-4-9-5-6-10(11)8(3)7(9)2;/h5-6,11H,4H2,1-3H3;/q;+1/p-1. The Morgan fingerprint density at radius 3 is 2.42 bits per heavy atom. The van der Waals surface area contributed by atoms with Gasteiger partial charge < -0.3 is 0 Å². The molecule has 63 valence electrons. The maximum atomic E-state index is 5.32. The second-order valence-corrected chi connectivity index (χ2v) is 3.51. The predicted octanol–water partition coefficient (Wildman–Crippen LogP) is 2.33. The van der Waals surface area contributed by atoms with E-state index in [1.165, 1.54) is 16.7 Å². The van der Waals surface area contributed by atoms with Gasteiger partial charge in [-0.15, -0.1) is 0 Å². The van der Waals surface area contributed by atoms with Crippen LogP contribution in [0, 0.1) is 13.8 Å². The van der Waals surface area contributed by atoms with Gasteiger partial charge in [0.2, 0.25) is 0 Å². The van der Waals surface area contributed by atoms with E-state index in [9.17, 15) is 0 Å². The fourth-order valence-electron chi connectivity index (χ4n) is 1.35. The Morgan fingerprint density at radius 2 is 1.92 bits per heavy atom. The Morgan fingerprint density at radius 1 is 1.25 bits per heavy atom. The SMILES string of the molecule is CCc1ccc([O][Sn])c(C)c1C. The molecule has 0 unspecified atom stereocenters. The quantitative estimate of drug-likeness (QED) is 0.748. The Balaban J connectivity index is 3.20. The summed E-state index contributed by atoms with van der Waals surface area (Å²) >= 11 is 1.10. The second-order valence-electron chi connectivity index (χ2n) is 2.93. The van der Waals surface area contributed by atoms with Crippen molar-refractivity contribution in [3.05, 3.63) is 28.8 Å². The van der Waals surface area contributed by atoms with E-state index >= 15 is 0 Å². The Labute approximate surface area is 87.8 Å². The van der Waals surface area contributed by atoms with E-state index in [2.05, 4.69) is 32.9 Å². The molecular weight excluding hydrogens is 255 g/mol. The molecule has 0 bridgehead atoms. The summed E-state index contributed by atoms with van der Waals surface area (Å²) in [6.07, 6.45) is 1.10. The van der Waals surface area contributed by atoms with Crippen LogP contribution >= 0.6 is 0 Å². The van der Waals surface area contributed by atoms with E-state index < -0.39 is 0 Å². The monoisotopic (exact) mass is 269 g/mol. The van der Waals surface area contributed by atoms with Crippen LogP contribution in [0.5, 0.6) is 5.75 Å². The van der Waals surface area contributed by atoms with E-state index in [-0.39, 0.29) is 0 Å². The molecule has 0 N–H and O–H groups in total. The summed E-state index contributed by atoms with van der Waals surface area (Å²) in [5.74, 6) is 1.03. The third-order valence-corrected chi connectivity index (χ3v) is 2.97. The van der Waals surface area contributed by atoms with Crippen LogP contribution in [0.3, 0.4) is 0 Å². The van der Waals surface area contributed by atoms with Gasteiger partial charge in [-0.3, -0.25) is 0 Å². The van der Waals surface area contributed by atoms with Gasteiger partial charge in [-0.2, -0.15) is 0 Å². The summed E-state index contributed by atoms with van der Waals surface area (Å²) in [7, 11) is 0. The van der Waals surface area contributed by atoms with Crippen molar-refractivity contribution >= 4 is 22.9 Å². The first kappa shape index (κ1) is 9.90. The van der Waals surface area contributed by atoms with Crippen LogP contribution in [0.15, 0.2) is 12.1 Å². The summed E-state index contributed by atoms with van der Waals surface area (Å²) in [4.78, 5) is 0. The molecule has 0 fully saturated rings. The van der Waals surface area contributed by atoms with Crippen molar-refractivity contribution in [1.82, 2.24) is 0 Å². The van der Waals surface area contributed by atoms with Crippen molar-refractivity contribution in [2.24, 2.45) is 0 Å². The Bertz CT molecular complexity index is 252. The van der Waals surface area contributed by atoms with Gasteiger partial charge in [-0.1, -0.05) is 0 Å². The molecule has 2 heteroatoms. The predicted molar refractivity (Wildman–Crippen MR) is 51.7 cm³/mol. The van der Waals surface area contributed by atoms with E-state index in [0.29, 0.717) is 0 Å². The van der Waals surface area contributed by atoms with E-state index in [1.807, 2.05) is 0 Å². The number of aryl methyl sites for hydroxylation is 1. The molecule has 0 amide bonds. The van der Waals surface area contributed by atoms with E-state index in [0.717, 1.165) is 35.1 Å². The minimum absolute atomic E-state index is 1.03. The fourth-order valence-corrected chi connectivity index (χ4v) is 1.98. The van der Waals surface area contributed by atoms with Gasteiger partial charge in [-0.25, -0.2) is 0 Å². The molecule has 0 saturated heterocycles. The van der Waals surface area contributed by atoms with Crippen molar-refractivity contribution in [3.63, 3.8) is 0 Å². The van der Waals surface area contributed by atoms with Gasteiger partial charge in [0, 0.05) is 0 Å². The molecule has 1 aromatic rings. The second kappa shape index (κ2) is 4.17. The molecule has 0 atom stereocenters. The summed E-state index contributed by atoms with van der Waals surface area (Å²) in [5, 5.41) is 0. The molecule has 0 aromatic heterocycles. The molecule has 12 heavy (non-hydrogen) atoms. The zero-order valence-corrected chi connectivity index (χ0v) is 10.6. The van der Waals surface area contributed by atoms with Gasteiger partial charge in [-0.05, 0) is 0 Å². The third-order valence-electron chi connectivity index (χ3n) is 2.34. The first-order valence-corrected chi connectivity index (χ1v) is 5.29. The topological polar surface area (TPSA) is 9.23 Å². The first-order chi connectivity index (χ1) is 5.70. The van der Waals surface area contributed by atoms with Gasteiger partial charge in [0.25, 0.3) is 0 Å². The first-order valence-electron chi connectivity index (χ1n) is 4.13. The molecule has 0 aliphatic rings. The molecule has 1 aromatic carbocycles. The third kappa shape index (κ3) is 1.76. The molecule has 3 radical (unpaired) electrons. The summed E-state index contributed by atoms with van der Waals surface area (Å²) in [6, 6.07) is 4.22. The van der Waals surface area contributed by atoms with Crippen LogP contribution < -0.4 is 3.07 Å². The number of hydrogen-bond donors (Lipinski definition) is 0. The van der Waals surface area contributed by atoms with Crippen LogP contribution in [0.1, 0.15) is 23.6 Å². The molecule has 0 aliphatic carbocycles. The maximum absolute atomic E-state index is 5.32. The Hall–Kier alpha value is -0.181. The zero-order valence-electron chi connectivity index (χ0n) is 7.77. The molecule has 0 heterocycles. The Kier molecular flexibility index (Phi) is 3.44. The summed E-state index contributed by atoms with van der Waals surface area (Å²) in [5.41, 5.74) is 4.08. The summed E-state index contributed by atoms with van der Waals surface area (Å²) in [6.45, 7) is 6.46. The number of benzene rings is 1. The summed E-state index contributed by atoms with van der Waals surface area (Å²) < 4.78 is 5.32. The molecule has 0 aliphatic heterocycles. The van der Waals surface area contributed by atoms with Crippen LogP contribution in [0.2, 0.25) is 0 Å². The number of rotatable bonds is 2. The molecule has 0 spiro atoms. The molecule has 1 nitrogen and oxygen atoms in total. The van der Waals surface area contributed by atoms with E-state index in [1.54, 1.807) is 0 Å². The average Bonchev–Trinajstić information content (AvgIpc) is 2.10. The van der Waals surface area contributed by atoms with Crippen molar-refractivity contribution in [2.75, 3.05) is 0 Å². The van der Waals surface area contributed by atoms with Gasteiger partial charge in [0.05, 0.1) is 0 Å². The van der Waals surface area contributed by atoms with Crippen molar-refractivity contribution in [3.8, 4) is 5.75 Å². The van der Waals surface area contributed by atoms with Crippen molar-refractivity contribution < 1.29 is 3.07 Å².